The molecule has 0 bridgehead atoms. The number of benzene rings is 1. The second-order valence-electron chi connectivity index (χ2n) is 5.72. The molecule has 2 atom stereocenters. The van der Waals surface area contributed by atoms with Crippen molar-refractivity contribution in [1.29, 1.82) is 0 Å². The lowest BCUT2D eigenvalue weighted by molar-refractivity contribution is -0.126. The number of rotatable bonds is 4. The minimum atomic E-state index is -0.0674. The molecule has 2 saturated heterocycles. The van der Waals surface area contributed by atoms with Gasteiger partial charge < -0.3 is 14.4 Å². The number of ether oxygens (including phenoxy) is 2. The second kappa shape index (κ2) is 6.96. The van der Waals surface area contributed by atoms with E-state index in [4.69, 9.17) is 21.1 Å². The predicted octanol–water partition coefficient (Wildman–Crippen LogP) is 1.79. The molecular weight excluding hydrogens is 304 g/mol. The van der Waals surface area contributed by atoms with E-state index in [0.717, 1.165) is 31.7 Å². The van der Waals surface area contributed by atoms with Crippen molar-refractivity contribution in [2.45, 2.75) is 18.6 Å². The summed E-state index contributed by atoms with van der Waals surface area (Å²) in [6.07, 6.45) is 0.886. The third-order valence-corrected chi connectivity index (χ3v) is 4.50. The maximum atomic E-state index is 12.8. The lowest BCUT2D eigenvalue weighted by Crippen LogP contribution is -2.51. The number of methoxy groups -OCH3 is 1. The van der Waals surface area contributed by atoms with Gasteiger partial charge in [-0.2, -0.15) is 0 Å². The maximum Gasteiger partial charge on any atom is 0.244 e. The number of halogens is 1. The van der Waals surface area contributed by atoms with E-state index in [-0.39, 0.29) is 18.1 Å². The van der Waals surface area contributed by atoms with Gasteiger partial charge in [0.25, 0.3) is 0 Å². The van der Waals surface area contributed by atoms with Gasteiger partial charge in [0.05, 0.1) is 25.4 Å². The molecule has 0 aromatic heterocycles. The van der Waals surface area contributed by atoms with Crippen LogP contribution in [0, 0.1) is 0 Å². The summed E-state index contributed by atoms with van der Waals surface area (Å²) in [5, 5.41) is 0.653. The molecular formula is C16H21ClN2O3. The molecule has 0 N–H and O–H groups in total. The first-order valence-electron chi connectivity index (χ1n) is 7.60. The van der Waals surface area contributed by atoms with E-state index in [9.17, 15) is 4.79 Å². The molecule has 120 valence electrons. The van der Waals surface area contributed by atoms with Crippen molar-refractivity contribution in [1.82, 2.24) is 4.90 Å². The SMILES string of the molecule is COC[C@H]1CN([C@H]2CCN(c3cccc(Cl)c3)C2=O)CCO1. The van der Waals surface area contributed by atoms with E-state index in [1.165, 1.54) is 0 Å². The number of carbonyl (C=O) groups is 1. The van der Waals surface area contributed by atoms with Crippen molar-refractivity contribution in [3.8, 4) is 0 Å². The van der Waals surface area contributed by atoms with Crippen LogP contribution < -0.4 is 4.90 Å². The molecule has 0 spiro atoms. The summed E-state index contributed by atoms with van der Waals surface area (Å²) >= 11 is 6.03. The topological polar surface area (TPSA) is 42.0 Å². The van der Waals surface area contributed by atoms with Crippen LogP contribution in [0.4, 0.5) is 5.69 Å². The summed E-state index contributed by atoms with van der Waals surface area (Å²) < 4.78 is 10.8. The molecule has 2 fully saturated rings. The first-order valence-corrected chi connectivity index (χ1v) is 7.98. The van der Waals surface area contributed by atoms with Crippen LogP contribution in [0.2, 0.25) is 5.02 Å². The summed E-state index contributed by atoms with van der Waals surface area (Å²) in [6.45, 7) is 3.48. The highest BCUT2D eigenvalue weighted by Crippen LogP contribution is 2.27. The Morgan fingerprint density at radius 2 is 2.27 bits per heavy atom. The van der Waals surface area contributed by atoms with Crippen LogP contribution in [0.5, 0.6) is 0 Å². The third-order valence-electron chi connectivity index (χ3n) is 4.26. The Kier molecular flexibility index (Phi) is 4.98. The van der Waals surface area contributed by atoms with E-state index in [1.807, 2.05) is 29.2 Å². The zero-order valence-corrected chi connectivity index (χ0v) is 13.5. The maximum absolute atomic E-state index is 12.8. The lowest BCUT2D eigenvalue weighted by atomic mass is 10.1. The Balaban J connectivity index is 1.68. The van der Waals surface area contributed by atoms with Crippen LogP contribution >= 0.6 is 11.6 Å². The van der Waals surface area contributed by atoms with Crippen LogP contribution in [-0.2, 0) is 14.3 Å². The largest absolute Gasteiger partial charge is 0.382 e. The zero-order chi connectivity index (χ0) is 15.5. The number of nitrogens with zero attached hydrogens (tertiary/aromatic N) is 2. The molecule has 0 aliphatic carbocycles. The first kappa shape index (κ1) is 15.7. The number of hydrogen-bond donors (Lipinski definition) is 0. The van der Waals surface area contributed by atoms with E-state index in [0.29, 0.717) is 18.2 Å². The normalized spacial score (nSPS) is 26.6. The monoisotopic (exact) mass is 324 g/mol. The molecule has 2 heterocycles. The van der Waals surface area contributed by atoms with Gasteiger partial charge in [-0.1, -0.05) is 17.7 Å². The molecule has 5 nitrogen and oxygen atoms in total. The van der Waals surface area contributed by atoms with Crippen LogP contribution in [-0.4, -0.2) is 62.9 Å². The van der Waals surface area contributed by atoms with Crippen molar-refractivity contribution in [3.05, 3.63) is 29.3 Å². The van der Waals surface area contributed by atoms with Gasteiger partial charge in [-0.15, -0.1) is 0 Å². The summed E-state index contributed by atoms with van der Waals surface area (Å²) in [4.78, 5) is 16.8. The Morgan fingerprint density at radius 1 is 1.41 bits per heavy atom. The fourth-order valence-corrected chi connectivity index (χ4v) is 3.40. The fraction of sp³-hybridized carbons (Fsp3) is 0.562. The van der Waals surface area contributed by atoms with Gasteiger partial charge in [0.1, 0.15) is 0 Å². The van der Waals surface area contributed by atoms with Crippen molar-refractivity contribution in [2.24, 2.45) is 0 Å². The van der Waals surface area contributed by atoms with Crippen molar-refractivity contribution >= 4 is 23.2 Å². The Morgan fingerprint density at radius 3 is 3.05 bits per heavy atom. The van der Waals surface area contributed by atoms with Crippen LogP contribution in [0.1, 0.15) is 6.42 Å². The van der Waals surface area contributed by atoms with Gasteiger partial charge in [-0.25, -0.2) is 0 Å². The molecule has 0 unspecified atom stereocenters. The highest BCUT2D eigenvalue weighted by atomic mass is 35.5. The number of morpholine rings is 1. The summed E-state index contributed by atoms with van der Waals surface area (Å²) in [5.41, 5.74) is 0.877. The number of amides is 1. The van der Waals surface area contributed by atoms with Gasteiger partial charge in [-0.3, -0.25) is 9.69 Å². The highest BCUT2D eigenvalue weighted by molar-refractivity contribution is 6.30. The number of anilines is 1. The van der Waals surface area contributed by atoms with Gasteiger partial charge in [0.15, 0.2) is 0 Å². The molecule has 6 heteroatoms. The molecule has 0 saturated carbocycles. The fourth-order valence-electron chi connectivity index (χ4n) is 3.22. The van der Waals surface area contributed by atoms with E-state index in [2.05, 4.69) is 4.90 Å². The Hall–Kier alpha value is -1.14. The molecule has 1 amide bonds. The molecule has 0 radical (unpaired) electrons. The second-order valence-corrected chi connectivity index (χ2v) is 6.15. The third kappa shape index (κ3) is 3.27. The zero-order valence-electron chi connectivity index (χ0n) is 12.7. The van der Waals surface area contributed by atoms with E-state index >= 15 is 0 Å². The van der Waals surface area contributed by atoms with E-state index in [1.54, 1.807) is 7.11 Å². The molecule has 2 aliphatic heterocycles. The van der Waals surface area contributed by atoms with Crippen molar-refractivity contribution in [3.63, 3.8) is 0 Å². The van der Waals surface area contributed by atoms with Crippen molar-refractivity contribution < 1.29 is 14.3 Å². The van der Waals surface area contributed by atoms with Crippen molar-refractivity contribution in [2.75, 3.05) is 44.9 Å². The first-order chi connectivity index (χ1) is 10.7. The summed E-state index contributed by atoms with van der Waals surface area (Å²) in [7, 11) is 1.67. The van der Waals surface area contributed by atoms with E-state index < -0.39 is 0 Å². The minimum absolute atomic E-state index is 0.0479. The Labute approximate surface area is 135 Å². The van der Waals surface area contributed by atoms with Crippen LogP contribution in [0.15, 0.2) is 24.3 Å². The average molecular weight is 325 g/mol. The number of hydrogen-bond acceptors (Lipinski definition) is 4. The quantitative estimate of drug-likeness (QED) is 0.847. The standard InChI is InChI=1S/C16H21ClN2O3/c1-21-11-14-10-18(7-8-22-14)15-5-6-19(16(15)20)13-4-2-3-12(17)9-13/h2-4,9,14-15H,5-8,10-11H2,1H3/t14-,15+/m1/s1. The smallest absolute Gasteiger partial charge is 0.244 e. The summed E-state index contributed by atoms with van der Waals surface area (Å²) in [5.74, 6) is 0.153. The highest BCUT2D eigenvalue weighted by Gasteiger charge is 2.38. The lowest BCUT2D eigenvalue weighted by Gasteiger charge is -2.35. The predicted molar refractivity (Wildman–Crippen MR) is 85.4 cm³/mol. The van der Waals surface area contributed by atoms with Gasteiger partial charge in [0, 0.05) is 37.5 Å². The molecule has 2 aliphatic rings. The molecule has 3 rings (SSSR count). The number of carbonyl (C=O) groups excluding carboxylic acids is 1. The van der Waals surface area contributed by atoms with Crippen LogP contribution in [0.25, 0.3) is 0 Å². The minimum Gasteiger partial charge on any atom is -0.382 e. The summed E-state index contributed by atoms with van der Waals surface area (Å²) in [6, 6.07) is 7.40. The molecule has 1 aromatic carbocycles. The van der Waals surface area contributed by atoms with Crippen LogP contribution in [0.3, 0.4) is 0 Å². The van der Waals surface area contributed by atoms with Gasteiger partial charge >= 0.3 is 0 Å². The van der Waals surface area contributed by atoms with Gasteiger partial charge in [0.2, 0.25) is 5.91 Å². The Bertz CT molecular complexity index is 538. The molecule has 22 heavy (non-hydrogen) atoms. The van der Waals surface area contributed by atoms with Gasteiger partial charge in [-0.05, 0) is 24.6 Å². The molecule has 1 aromatic rings. The average Bonchev–Trinajstić information content (AvgIpc) is 2.90.